The van der Waals surface area contributed by atoms with Crippen molar-refractivity contribution in [1.82, 2.24) is 19.2 Å². The normalized spacial score (nSPS) is 14.5. The molecule has 7 heteroatoms. The summed E-state index contributed by atoms with van der Waals surface area (Å²) in [5.74, 6) is 0.947. The van der Waals surface area contributed by atoms with E-state index in [-0.39, 0.29) is 12.1 Å². The molecule has 2 aromatic heterocycles. The van der Waals surface area contributed by atoms with Crippen LogP contribution in [0.1, 0.15) is 46.6 Å². The summed E-state index contributed by atoms with van der Waals surface area (Å²) in [6.07, 6.45) is 3.01. The number of urea groups is 1. The highest BCUT2D eigenvalue weighted by molar-refractivity contribution is 6.31. The maximum atomic E-state index is 14.1. The van der Waals surface area contributed by atoms with Gasteiger partial charge in [0.1, 0.15) is 5.82 Å². The average molecular weight is 536 g/mol. The van der Waals surface area contributed by atoms with Gasteiger partial charge in [-0.25, -0.2) is 9.48 Å². The molecule has 39 heavy (non-hydrogen) atoms. The molecule has 0 radical (unpaired) electrons. The number of carbonyl (C=O) groups excluding carboxylic acids is 1. The highest BCUT2D eigenvalue weighted by Gasteiger charge is 2.36. The molecular formula is C32H30ClN5O. The number of aromatic nitrogens is 3. The number of amides is 2. The van der Waals surface area contributed by atoms with Crippen LogP contribution in [0.2, 0.25) is 5.02 Å². The van der Waals surface area contributed by atoms with Crippen molar-refractivity contribution in [2.45, 2.75) is 39.8 Å². The van der Waals surface area contributed by atoms with E-state index in [1.807, 2.05) is 72.0 Å². The Morgan fingerprint density at radius 1 is 1.00 bits per heavy atom. The van der Waals surface area contributed by atoms with Crippen LogP contribution in [0.4, 0.5) is 10.5 Å². The van der Waals surface area contributed by atoms with Gasteiger partial charge in [0.2, 0.25) is 0 Å². The van der Waals surface area contributed by atoms with Crippen molar-refractivity contribution in [3.63, 3.8) is 0 Å². The molecule has 1 N–H and O–H groups in total. The lowest BCUT2D eigenvalue weighted by Crippen LogP contribution is -2.38. The Balaban J connectivity index is 1.52. The first-order valence-electron chi connectivity index (χ1n) is 13.2. The van der Waals surface area contributed by atoms with Crippen molar-refractivity contribution in [2.75, 3.05) is 5.32 Å². The Kier molecular flexibility index (Phi) is 6.49. The predicted molar refractivity (Wildman–Crippen MR) is 156 cm³/mol. The molecule has 196 valence electrons. The van der Waals surface area contributed by atoms with Gasteiger partial charge in [0.05, 0.1) is 29.7 Å². The van der Waals surface area contributed by atoms with E-state index in [9.17, 15) is 4.79 Å². The van der Waals surface area contributed by atoms with Crippen LogP contribution in [0.5, 0.6) is 0 Å². The number of halogens is 1. The van der Waals surface area contributed by atoms with Gasteiger partial charge >= 0.3 is 6.03 Å². The molecule has 6 nitrogen and oxygen atoms in total. The predicted octanol–water partition coefficient (Wildman–Crippen LogP) is 7.63. The highest BCUT2D eigenvalue weighted by atomic mass is 35.5. The number of carbonyl (C=O) groups is 1. The first-order chi connectivity index (χ1) is 18.9. The van der Waals surface area contributed by atoms with Crippen LogP contribution in [-0.2, 0) is 13.0 Å². The molecule has 0 saturated heterocycles. The number of fused-ring (bicyclic) bond motifs is 3. The Morgan fingerprint density at radius 2 is 1.77 bits per heavy atom. The largest absolute Gasteiger partial charge is 0.322 e. The molecule has 0 fully saturated rings. The molecule has 1 aliphatic rings. The molecule has 2 amide bonds. The number of hydrogen-bond acceptors (Lipinski definition) is 2. The lowest BCUT2D eigenvalue weighted by Gasteiger charge is -2.31. The minimum atomic E-state index is -0.317. The molecular weight excluding hydrogens is 506 g/mol. The smallest absolute Gasteiger partial charge is 0.308 e. The molecule has 5 aromatic rings. The second-order valence-corrected chi connectivity index (χ2v) is 10.4. The first-order valence-corrected chi connectivity index (χ1v) is 13.6. The number of anilines is 1. The van der Waals surface area contributed by atoms with Crippen LogP contribution in [0.25, 0.3) is 11.5 Å². The minimum Gasteiger partial charge on any atom is -0.308 e. The van der Waals surface area contributed by atoms with Crippen LogP contribution in [0.15, 0.2) is 91.1 Å². The third kappa shape index (κ3) is 4.51. The number of para-hydroxylation sites is 1. The number of aryl methyl sites for hydroxylation is 3. The van der Waals surface area contributed by atoms with Crippen LogP contribution in [0, 0.1) is 13.8 Å². The Bertz CT molecular complexity index is 1650. The van der Waals surface area contributed by atoms with Crippen LogP contribution in [-0.4, -0.2) is 25.3 Å². The summed E-state index contributed by atoms with van der Waals surface area (Å²) >= 11 is 6.38. The van der Waals surface area contributed by atoms with Gasteiger partial charge < -0.3 is 14.8 Å². The van der Waals surface area contributed by atoms with Crippen molar-refractivity contribution >= 4 is 23.3 Å². The topological polar surface area (TPSA) is 55.1 Å². The van der Waals surface area contributed by atoms with E-state index in [0.717, 1.165) is 46.0 Å². The summed E-state index contributed by atoms with van der Waals surface area (Å²) in [7, 11) is 0. The summed E-state index contributed by atoms with van der Waals surface area (Å²) in [6, 6.07) is 27.9. The third-order valence-corrected chi connectivity index (χ3v) is 7.88. The van der Waals surface area contributed by atoms with E-state index in [1.165, 1.54) is 5.56 Å². The zero-order valence-electron chi connectivity index (χ0n) is 22.2. The molecule has 3 aromatic carbocycles. The molecule has 1 atom stereocenters. The van der Waals surface area contributed by atoms with E-state index >= 15 is 0 Å². The Hall–Kier alpha value is -4.29. The second kappa shape index (κ2) is 10.1. The van der Waals surface area contributed by atoms with Crippen LogP contribution in [0.3, 0.4) is 0 Å². The summed E-state index contributed by atoms with van der Waals surface area (Å²) in [5.41, 5.74) is 7.77. The maximum absolute atomic E-state index is 14.1. The second-order valence-electron chi connectivity index (χ2n) is 9.96. The van der Waals surface area contributed by atoms with E-state index in [2.05, 4.69) is 53.3 Å². The van der Waals surface area contributed by atoms with Gasteiger partial charge in [-0.15, -0.1) is 0 Å². The number of benzene rings is 3. The fourth-order valence-electron chi connectivity index (χ4n) is 5.30. The quantitative estimate of drug-likeness (QED) is 0.257. The van der Waals surface area contributed by atoms with Gasteiger partial charge in [-0.05, 0) is 73.4 Å². The van der Waals surface area contributed by atoms with E-state index < -0.39 is 0 Å². The van der Waals surface area contributed by atoms with Crippen molar-refractivity contribution < 1.29 is 4.79 Å². The fourth-order valence-corrected chi connectivity index (χ4v) is 5.48. The molecule has 6 rings (SSSR count). The molecule has 0 bridgehead atoms. The zero-order chi connectivity index (χ0) is 27.1. The molecule has 0 aliphatic carbocycles. The lowest BCUT2D eigenvalue weighted by atomic mass is 9.99. The Morgan fingerprint density at radius 3 is 2.49 bits per heavy atom. The van der Waals surface area contributed by atoms with Gasteiger partial charge in [-0.1, -0.05) is 67.1 Å². The fraction of sp³-hybridized carbons (Fsp3) is 0.188. The van der Waals surface area contributed by atoms with Crippen LogP contribution < -0.4 is 5.32 Å². The summed E-state index contributed by atoms with van der Waals surface area (Å²) in [6.45, 7) is 6.49. The number of rotatable bonds is 4. The number of nitrogens with zero attached hydrogens (tertiary/aromatic N) is 4. The number of nitrogens with one attached hydrogen (secondary N) is 1. The van der Waals surface area contributed by atoms with Gasteiger partial charge in [0, 0.05) is 22.5 Å². The summed E-state index contributed by atoms with van der Waals surface area (Å²) in [5, 5.41) is 8.65. The molecule has 3 heterocycles. The van der Waals surface area contributed by atoms with Crippen molar-refractivity contribution in [3.8, 4) is 11.5 Å². The van der Waals surface area contributed by atoms with E-state index in [4.69, 9.17) is 16.7 Å². The number of hydrogen-bond donors (Lipinski definition) is 1. The lowest BCUT2D eigenvalue weighted by molar-refractivity contribution is 0.194. The molecule has 1 aliphatic heterocycles. The summed E-state index contributed by atoms with van der Waals surface area (Å²) in [4.78, 5) is 16.0. The zero-order valence-corrected chi connectivity index (χ0v) is 23.0. The van der Waals surface area contributed by atoms with Crippen LogP contribution >= 0.6 is 11.6 Å². The standard InChI is InChI=1S/C32H30ClN5O/c1-4-23-13-15-24(16-14-23)30-29-11-8-18-36(29)31-27(22(3)35-38(31)26-9-6-5-7-10-26)20-37(30)32(39)34-25-17-12-21(2)28(33)19-25/h5-19,30H,4,20H2,1-3H3,(H,34,39). The third-order valence-electron chi connectivity index (χ3n) is 7.47. The SMILES string of the molecule is CCc1ccc(C2c3cccn3-c3c(c(C)nn3-c3ccccc3)CN2C(=O)Nc2ccc(C)c(Cl)c2)cc1. The monoisotopic (exact) mass is 535 g/mol. The first kappa shape index (κ1) is 25.0. The van der Waals surface area contributed by atoms with Gasteiger partial charge in [0.25, 0.3) is 0 Å². The van der Waals surface area contributed by atoms with Gasteiger partial charge in [0.15, 0.2) is 0 Å². The molecule has 0 spiro atoms. The maximum Gasteiger partial charge on any atom is 0.322 e. The molecule has 1 unspecified atom stereocenters. The Labute approximate surface area is 233 Å². The van der Waals surface area contributed by atoms with Crippen molar-refractivity contribution in [2.24, 2.45) is 0 Å². The highest BCUT2D eigenvalue weighted by Crippen LogP contribution is 2.39. The molecule has 0 saturated carbocycles. The van der Waals surface area contributed by atoms with E-state index in [1.54, 1.807) is 6.07 Å². The minimum absolute atomic E-state index is 0.202. The van der Waals surface area contributed by atoms with Crippen molar-refractivity contribution in [3.05, 3.63) is 130 Å². The average Bonchev–Trinajstić information content (AvgIpc) is 3.51. The van der Waals surface area contributed by atoms with E-state index in [0.29, 0.717) is 17.3 Å². The summed E-state index contributed by atoms with van der Waals surface area (Å²) < 4.78 is 4.16. The van der Waals surface area contributed by atoms with Gasteiger partial charge in [-0.3, -0.25) is 0 Å². The van der Waals surface area contributed by atoms with Crippen molar-refractivity contribution in [1.29, 1.82) is 0 Å². The van der Waals surface area contributed by atoms with Gasteiger partial charge in [-0.2, -0.15) is 5.10 Å².